The first-order valence-corrected chi connectivity index (χ1v) is 18.8. The number of phenolic OH excluding ortho intramolecular Hbond substituents is 2. The van der Waals surface area contributed by atoms with Crippen molar-refractivity contribution in [3.63, 3.8) is 0 Å². The number of anilines is 1. The van der Waals surface area contributed by atoms with E-state index in [1.807, 2.05) is 52.8 Å². The predicted molar refractivity (Wildman–Crippen MR) is 212 cm³/mol. The third-order valence-corrected chi connectivity index (χ3v) is 11.3. The molecule has 1 amide bonds. The number of pyridine rings is 1. The van der Waals surface area contributed by atoms with Crippen LogP contribution in [0.5, 0.6) is 17.2 Å². The number of aliphatic hydroxyl groups is 1. The summed E-state index contributed by atoms with van der Waals surface area (Å²) in [6.45, 7) is 15.5. The fourth-order valence-corrected chi connectivity index (χ4v) is 8.10. The molecule has 8 unspecified atom stereocenters. The maximum atomic E-state index is 14.6. The lowest BCUT2D eigenvalue weighted by molar-refractivity contribution is -0.155. The van der Waals surface area contributed by atoms with E-state index >= 15 is 0 Å². The molecule has 2 aliphatic heterocycles. The van der Waals surface area contributed by atoms with E-state index in [0.717, 1.165) is 5.56 Å². The minimum absolute atomic E-state index is 0.0125. The molecule has 13 heteroatoms. The zero-order valence-electron chi connectivity index (χ0n) is 33.5. The molecule has 4 aromatic rings. The molecule has 0 aliphatic carbocycles. The van der Waals surface area contributed by atoms with Gasteiger partial charge in [0.25, 0.3) is 11.7 Å². The first-order chi connectivity index (χ1) is 26.4. The number of aryl methyl sites for hydroxylation is 1. The minimum atomic E-state index is -1.91. The summed E-state index contributed by atoms with van der Waals surface area (Å²) in [5.41, 5.74) is 2.39. The monoisotopic (exact) mass is 769 g/mol. The van der Waals surface area contributed by atoms with Crippen molar-refractivity contribution < 1.29 is 48.7 Å². The number of hydrogen-bond acceptors (Lipinski definition) is 11. The van der Waals surface area contributed by atoms with Crippen LogP contribution in [-0.2, 0) is 23.8 Å². The predicted octanol–water partition coefficient (Wildman–Crippen LogP) is 7.19. The van der Waals surface area contributed by atoms with Gasteiger partial charge in [-0.25, -0.2) is 4.98 Å². The highest BCUT2D eigenvalue weighted by Crippen LogP contribution is 2.54. The van der Waals surface area contributed by atoms with E-state index in [0.29, 0.717) is 23.2 Å². The number of esters is 1. The number of nitrogens with one attached hydrogen (secondary N) is 1. The number of aromatic hydroxyl groups is 2. The summed E-state index contributed by atoms with van der Waals surface area (Å²) in [6, 6.07) is 3.67. The van der Waals surface area contributed by atoms with Crippen molar-refractivity contribution in [1.82, 2.24) is 9.38 Å². The number of ketones is 1. The summed E-state index contributed by atoms with van der Waals surface area (Å²) in [5.74, 6) is -5.34. The van der Waals surface area contributed by atoms with Crippen LogP contribution in [0.15, 0.2) is 54.5 Å². The number of benzene rings is 2. The van der Waals surface area contributed by atoms with Crippen molar-refractivity contribution >= 4 is 50.8 Å². The first-order valence-electron chi connectivity index (χ1n) is 18.8. The molecule has 2 aromatic carbocycles. The van der Waals surface area contributed by atoms with E-state index in [9.17, 15) is 29.7 Å². The number of fused-ring (bicyclic) bond motifs is 2. The van der Waals surface area contributed by atoms with Crippen LogP contribution < -0.4 is 10.1 Å². The Morgan fingerprint density at radius 1 is 1.05 bits per heavy atom. The van der Waals surface area contributed by atoms with Gasteiger partial charge in [0.2, 0.25) is 0 Å². The van der Waals surface area contributed by atoms with Gasteiger partial charge in [-0.2, -0.15) is 0 Å². The first kappa shape index (κ1) is 40.3. The molecule has 0 fully saturated rings. The lowest BCUT2D eigenvalue weighted by atomic mass is 9.80. The highest BCUT2D eigenvalue weighted by molar-refractivity contribution is 6.28. The Balaban J connectivity index is 1.57. The lowest BCUT2D eigenvalue weighted by Crippen LogP contribution is -2.40. The van der Waals surface area contributed by atoms with Gasteiger partial charge in [-0.05, 0) is 62.8 Å². The van der Waals surface area contributed by atoms with Crippen LogP contribution in [0.1, 0.15) is 76.4 Å². The van der Waals surface area contributed by atoms with Gasteiger partial charge in [0.05, 0.1) is 29.4 Å². The van der Waals surface area contributed by atoms with E-state index in [2.05, 4.69) is 5.32 Å². The van der Waals surface area contributed by atoms with Crippen LogP contribution in [0.25, 0.3) is 27.5 Å². The number of carbonyl (C=O) groups excluding carboxylic acids is 3. The number of carbonyl (C=O) groups is 3. The number of allylic oxidation sites excluding steroid dienone is 2. The zero-order valence-corrected chi connectivity index (χ0v) is 33.5. The molecule has 4 N–H and O–H groups in total. The van der Waals surface area contributed by atoms with Gasteiger partial charge in [-0.1, -0.05) is 45.9 Å². The maximum absolute atomic E-state index is 14.6. The summed E-state index contributed by atoms with van der Waals surface area (Å²) in [5, 5.41) is 37.9. The number of rotatable bonds is 2. The molecular formula is C43H51N3O10. The van der Waals surface area contributed by atoms with E-state index in [4.69, 9.17) is 23.9 Å². The summed E-state index contributed by atoms with van der Waals surface area (Å²) in [4.78, 5) is 45.5. The van der Waals surface area contributed by atoms with Crippen LogP contribution in [0.2, 0.25) is 0 Å². The molecule has 298 valence electrons. The average Bonchev–Trinajstić information content (AvgIpc) is 3.64. The van der Waals surface area contributed by atoms with Gasteiger partial charge in [0.1, 0.15) is 40.0 Å². The number of nitrogens with zero attached hydrogens (tertiary/aromatic N) is 2. The van der Waals surface area contributed by atoms with Crippen molar-refractivity contribution in [2.24, 2.45) is 23.7 Å². The summed E-state index contributed by atoms with van der Waals surface area (Å²) < 4.78 is 25.7. The Kier molecular flexibility index (Phi) is 11.0. The second kappa shape index (κ2) is 15.3. The fraction of sp³-hybridized carbons (Fsp3) is 0.442. The third kappa shape index (κ3) is 6.98. The Bertz CT molecular complexity index is 2340. The smallest absolute Gasteiger partial charge is 0.312 e. The second-order valence-corrected chi connectivity index (χ2v) is 15.6. The normalized spacial score (nSPS) is 29.8. The van der Waals surface area contributed by atoms with Gasteiger partial charge >= 0.3 is 11.8 Å². The van der Waals surface area contributed by atoms with Crippen molar-refractivity contribution in [2.45, 2.75) is 92.8 Å². The SMILES string of the molecule is COC1/C=C/OC2(C)Oc3c(C)c(O)c4c(O)c(c5c(nc6cc(C)ccn65)c4c3C2=O)NC(=O)/C(C)=C\C=C\C(C)C(O)C(C)CC(C)C(OC(C)=O)C1C. The Hall–Kier alpha value is -5.40. The molecule has 13 nitrogen and oxygen atoms in total. The molecule has 4 heterocycles. The van der Waals surface area contributed by atoms with E-state index in [1.165, 1.54) is 27.2 Å². The number of imidazole rings is 1. The molecule has 4 bridgehead atoms. The molecule has 0 saturated carbocycles. The Labute approximate surface area is 325 Å². The molecule has 0 saturated heterocycles. The molecule has 0 radical (unpaired) electrons. The minimum Gasteiger partial charge on any atom is -0.507 e. The second-order valence-electron chi connectivity index (χ2n) is 15.6. The highest BCUT2D eigenvalue weighted by atomic mass is 16.7. The third-order valence-electron chi connectivity index (χ3n) is 11.3. The van der Waals surface area contributed by atoms with Crippen LogP contribution in [-0.4, -0.2) is 73.6 Å². The van der Waals surface area contributed by atoms with Gasteiger partial charge in [-0.3, -0.25) is 18.8 Å². The largest absolute Gasteiger partial charge is 0.507 e. The number of methoxy groups -OCH3 is 1. The van der Waals surface area contributed by atoms with E-state index in [1.54, 1.807) is 42.7 Å². The van der Waals surface area contributed by atoms with E-state index in [-0.39, 0.29) is 68.3 Å². The Morgan fingerprint density at radius 3 is 2.45 bits per heavy atom. The van der Waals surface area contributed by atoms with Crippen molar-refractivity contribution in [2.75, 3.05) is 12.4 Å². The number of Topliss-reactive ketones (excluding diaryl/α,β-unsaturated/α-hetero) is 1. The molecule has 56 heavy (non-hydrogen) atoms. The number of amides is 1. The molecule has 2 aliphatic rings. The summed E-state index contributed by atoms with van der Waals surface area (Å²) >= 11 is 0. The zero-order chi connectivity index (χ0) is 41.0. The number of hydrogen-bond donors (Lipinski definition) is 4. The number of ether oxygens (including phenoxy) is 4. The number of aromatic nitrogens is 2. The topological polar surface area (TPSA) is 178 Å². The van der Waals surface area contributed by atoms with Crippen molar-refractivity contribution in [1.29, 1.82) is 0 Å². The summed E-state index contributed by atoms with van der Waals surface area (Å²) in [6.07, 6.45) is 8.33. The van der Waals surface area contributed by atoms with Gasteiger partial charge in [0, 0.05) is 55.5 Å². The van der Waals surface area contributed by atoms with Gasteiger partial charge in [0.15, 0.2) is 5.75 Å². The molecule has 8 atom stereocenters. The van der Waals surface area contributed by atoms with Crippen molar-refractivity contribution in [3.05, 3.63) is 71.2 Å². The molecular weight excluding hydrogens is 718 g/mol. The maximum Gasteiger partial charge on any atom is 0.312 e. The molecule has 6 rings (SSSR count). The molecule has 0 spiro atoms. The van der Waals surface area contributed by atoms with Crippen LogP contribution in [0, 0.1) is 37.5 Å². The van der Waals surface area contributed by atoms with Crippen LogP contribution >= 0.6 is 0 Å². The fourth-order valence-electron chi connectivity index (χ4n) is 8.10. The van der Waals surface area contributed by atoms with E-state index < -0.39 is 47.5 Å². The number of phenols is 2. The van der Waals surface area contributed by atoms with Crippen LogP contribution in [0.4, 0.5) is 5.69 Å². The van der Waals surface area contributed by atoms with Crippen molar-refractivity contribution in [3.8, 4) is 17.2 Å². The summed E-state index contributed by atoms with van der Waals surface area (Å²) in [7, 11) is 1.52. The number of aliphatic hydroxyl groups excluding tert-OH is 1. The Morgan fingerprint density at radius 2 is 1.77 bits per heavy atom. The quantitative estimate of drug-likeness (QED) is 0.120. The van der Waals surface area contributed by atoms with Crippen LogP contribution in [0.3, 0.4) is 0 Å². The highest BCUT2D eigenvalue weighted by Gasteiger charge is 2.49. The standard InChI is InChI=1S/C43H51N3O10/c1-20-14-16-46-29(18-20)44-33-30-31-37(49)26(7)40-32(30)41(51)43(9,56-40)54-17-15-28(53-10)25(6)39(55-27(8)47)24(5)19-23(4)36(48)21(2)12-11-13-22(3)42(52)45-34(35(33)46)38(31)50/h11-18,21,23-25,28,36,39,48-50H,19H2,1-10H3,(H,45,52)/b12-11+,17-15+,22-13-. The lowest BCUT2D eigenvalue weighted by Gasteiger charge is -2.34. The molecule has 2 aromatic heterocycles. The van der Waals surface area contributed by atoms with Gasteiger partial charge < -0.3 is 39.6 Å². The average molecular weight is 770 g/mol. The van der Waals surface area contributed by atoms with Gasteiger partial charge in [-0.15, -0.1) is 0 Å².